The fourth-order valence-electron chi connectivity index (χ4n) is 5.73. The number of ether oxygens (including phenoxy) is 1. The number of amides is 3. The first-order valence-electron chi connectivity index (χ1n) is 11.5. The molecular weight excluding hydrogens is 500 g/mol. The predicted octanol–water partition coefficient (Wildman–Crippen LogP) is 4.40. The largest absolute Gasteiger partial charge is 0.452 e. The van der Waals surface area contributed by atoms with E-state index < -0.39 is 18.5 Å². The van der Waals surface area contributed by atoms with E-state index in [-0.39, 0.29) is 29.2 Å². The van der Waals surface area contributed by atoms with Crippen LogP contribution in [0.1, 0.15) is 40.7 Å². The maximum Gasteiger partial charge on any atom is 0.338 e. The molecule has 0 unspecified atom stereocenters. The summed E-state index contributed by atoms with van der Waals surface area (Å²) in [5.74, 6) is -1.06. The highest BCUT2D eigenvalue weighted by Gasteiger charge is 2.61. The highest BCUT2D eigenvalue weighted by molar-refractivity contribution is 9.10. The van der Waals surface area contributed by atoms with Gasteiger partial charge in [-0.05, 0) is 92.5 Å². The topological polar surface area (TPSA) is 92.8 Å². The number of halogens is 1. The smallest absolute Gasteiger partial charge is 0.338 e. The molecule has 2 aromatic rings. The average Bonchev–Trinajstić information content (AvgIpc) is 3.51. The Balaban J connectivity index is 1.20. The number of benzene rings is 2. The zero-order chi connectivity index (χ0) is 24.1. The Morgan fingerprint density at radius 2 is 1.59 bits per heavy atom. The van der Waals surface area contributed by atoms with Gasteiger partial charge in [-0.25, -0.2) is 4.79 Å². The van der Waals surface area contributed by atoms with Crippen LogP contribution in [-0.2, 0) is 19.1 Å². The van der Waals surface area contributed by atoms with Gasteiger partial charge in [0, 0.05) is 10.2 Å². The lowest BCUT2D eigenvalue weighted by Crippen LogP contribution is -2.32. The molecule has 5 rings (SSSR count). The number of carbonyl (C=O) groups is 4. The van der Waals surface area contributed by atoms with Gasteiger partial charge in [-0.15, -0.1) is 0 Å². The number of fused-ring (bicyclic) bond motifs is 5. The summed E-state index contributed by atoms with van der Waals surface area (Å²) in [6, 6.07) is 9.83. The van der Waals surface area contributed by atoms with Crippen molar-refractivity contribution in [2.75, 3.05) is 16.8 Å². The van der Waals surface area contributed by atoms with Crippen LogP contribution >= 0.6 is 15.9 Å². The second-order valence-corrected chi connectivity index (χ2v) is 10.3. The van der Waals surface area contributed by atoms with Crippen LogP contribution in [0.2, 0.25) is 0 Å². The molecule has 1 aliphatic heterocycles. The summed E-state index contributed by atoms with van der Waals surface area (Å²) in [4.78, 5) is 51.9. The SMILES string of the molecule is Cc1c(Br)ccc(NC(=O)COC(=O)c2ccc(N3C(=O)[C@@H]4[C@H]5CC[C@@H](C5)[C@H]4C3=O)cc2)c1C. The van der Waals surface area contributed by atoms with Gasteiger partial charge in [-0.1, -0.05) is 15.9 Å². The minimum Gasteiger partial charge on any atom is -0.452 e. The maximum atomic E-state index is 13.0. The van der Waals surface area contributed by atoms with Crippen LogP contribution in [0.4, 0.5) is 11.4 Å². The van der Waals surface area contributed by atoms with E-state index in [4.69, 9.17) is 4.74 Å². The maximum absolute atomic E-state index is 13.0. The number of nitrogens with one attached hydrogen (secondary N) is 1. The van der Waals surface area contributed by atoms with E-state index in [0.29, 0.717) is 23.2 Å². The van der Waals surface area contributed by atoms with E-state index in [9.17, 15) is 19.2 Å². The second kappa shape index (κ2) is 8.65. The molecular formula is C26H25BrN2O5. The number of anilines is 2. The first-order valence-corrected chi connectivity index (χ1v) is 12.3. The van der Waals surface area contributed by atoms with Crippen molar-refractivity contribution >= 4 is 51.0 Å². The Hall–Kier alpha value is -3.00. The normalized spacial score (nSPS) is 25.0. The molecule has 7 nitrogen and oxygen atoms in total. The van der Waals surface area contributed by atoms with Crippen molar-refractivity contribution < 1.29 is 23.9 Å². The lowest BCUT2D eigenvalue weighted by Gasteiger charge is -2.19. The Kier molecular flexibility index (Phi) is 5.80. The van der Waals surface area contributed by atoms with Crippen molar-refractivity contribution in [1.29, 1.82) is 0 Å². The molecule has 2 saturated carbocycles. The molecule has 3 fully saturated rings. The van der Waals surface area contributed by atoms with Crippen molar-refractivity contribution in [1.82, 2.24) is 0 Å². The fourth-order valence-corrected chi connectivity index (χ4v) is 6.16. The first-order chi connectivity index (χ1) is 16.3. The van der Waals surface area contributed by atoms with E-state index in [1.807, 2.05) is 19.9 Å². The fraction of sp³-hybridized carbons (Fsp3) is 0.385. The lowest BCUT2D eigenvalue weighted by atomic mass is 9.81. The van der Waals surface area contributed by atoms with E-state index in [1.165, 1.54) is 17.0 Å². The van der Waals surface area contributed by atoms with Gasteiger partial charge in [0.1, 0.15) is 0 Å². The molecule has 2 aliphatic carbocycles. The van der Waals surface area contributed by atoms with E-state index in [2.05, 4.69) is 21.2 Å². The first kappa shape index (κ1) is 22.8. The molecule has 8 heteroatoms. The van der Waals surface area contributed by atoms with Gasteiger partial charge < -0.3 is 10.1 Å². The van der Waals surface area contributed by atoms with Gasteiger partial charge in [0.25, 0.3) is 5.91 Å². The van der Waals surface area contributed by atoms with Gasteiger partial charge in [-0.3, -0.25) is 19.3 Å². The van der Waals surface area contributed by atoms with Crippen LogP contribution in [0.5, 0.6) is 0 Å². The van der Waals surface area contributed by atoms with Crippen LogP contribution in [0.15, 0.2) is 40.9 Å². The number of imide groups is 1. The lowest BCUT2D eigenvalue weighted by molar-refractivity contribution is -0.123. The van der Waals surface area contributed by atoms with Crippen LogP contribution in [0.3, 0.4) is 0 Å². The molecule has 4 atom stereocenters. The predicted molar refractivity (Wildman–Crippen MR) is 129 cm³/mol. The third-order valence-corrected chi connectivity index (χ3v) is 8.48. The highest BCUT2D eigenvalue weighted by atomic mass is 79.9. The minimum atomic E-state index is -0.653. The molecule has 176 valence electrons. The number of hydrogen-bond donors (Lipinski definition) is 1. The molecule has 0 radical (unpaired) electrons. The van der Waals surface area contributed by atoms with Crippen molar-refractivity contribution in [3.05, 3.63) is 57.6 Å². The van der Waals surface area contributed by atoms with Crippen molar-refractivity contribution in [3.8, 4) is 0 Å². The molecule has 2 bridgehead atoms. The second-order valence-electron chi connectivity index (χ2n) is 9.41. The summed E-state index contributed by atoms with van der Waals surface area (Å²) in [5, 5.41) is 2.75. The molecule has 0 aromatic heterocycles. The van der Waals surface area contributed by atoms with Crippen LogP contribution in [0, 0.1) is 37.5 Å². The van der Waals surface area contributed by atoms with E-state index >= 15 is 0 Å². The Bertz CT molecular complexity index is 1180. The quantitative estimate of drug-likeness (QED) is 0.462. The number of carbonyl (C=O) groups excluding carboxylic acids is 4. The molecule has 1 heterocycles. The summed E-state index contributed by atoms with van der Waals surface area (Å²) < 4.78 is 6.10. The van der Waals surface area contributed by atoms with Crippen LogP contribution < -0.4 is 10.2 Å². The Labute approximate surface area is 206 Å². The average molecular weight is 525 g/mol. The molecule has 0 spiro atoms. The van der Waals surface area contributed by atoms with Gasteiger partial charge in [0.15, 0.2) is 6.61 Å². The van der Waals surface area contributed by atoms with E-state index in [1.54, 1.807) is 18.2 Å². The zero-order valence-corrected chi connectivity index (χ0v) is 20.6. The minimum absolute atomic E-state index is 0.118. The summed E-state index contributed by atoms with van der Waals surface area (Å²) in [6.07, 6.45) is 3.04. The third-order valence-electron chi connectivity index (χ3n) is 7.62. The van der Waals surface area contributed by atoms with Gasteiger partial charge in [-0.2, -0.15) is 0 Å². The highest BCUT2D eigenvalue weighted by Crippen LogP contribution is 2.56. The Morgan fingerprint density at radius 3 is 2.21 bits per heavy atom. The molecule has 3 amide bonds. The van der Waals surface area contributed by atoms with Gasteiger partial charge in [0.05, 0.1) is 23.1 Å². The number of esters is 1. The van der Waals surface area contributed by atoms with Gasteiger partial charge in [0.2, 0.25) is 11.8 Å². The summed E-state index contributed by atoms with van der Waals surface area (Å²) >= 11 is 3.45. The van der Waals surface area contributed by atoms with Crippen LogP contribution in [-0.4, -0.2) is 30.3 Å². The molecule has 1 saturated heterocycles. The van der Waals surface area contributed by atoms with Crippen molar-refractivity contribution in [3.63, 3.8) is 0 Å². The van der Waals surface area contributed by atoms with Gasteiger partial charge >= 0.3 is 5.97 Å². The molecule has 1 N–H and O–H groups in total. The standard InChI is InChI=1S/C26H25BrN2O5/c1-13-14(2)20(10-9-19(13)27)28-21(30)12-34-26(33)15-5-7-18(8-6-15)29-24(31)22-16-3-4-17(11-16)23(22)25(29)32/h5-10,16-17,22-23H,3-4,11-12H2,1-2H3,(H,28,30)/t16-,17-,22+,23+/m0/s1. The number of nitrogens with zero attached hydrogens (tertiary/aromatic N) is 1. The van der Waals surface area contributed by atoms with E-state index in [0.717, 1.165) is 34.9 Å². The summed E-state index contributed by atoms with van der Waals surface area (Å²) in [5.41, 5.74) is 3.31. The van der Waals surface area contributed by atoms with Crippen molar-refractivity contribution in [2.45, 2.75) is 33.1 Å². The monoisotopic (exact) mass is 524 g/mol. The molecule has 2 aromatic carbocycles. The van der Waals surface area contributed by atoms with Crippen molar-refractivity contribution in [2.24, 2.45) is 23.7 Å². The number of hydrogen-bond acceptors (Lipinski definition) is 5. The molecule has 3 aliphatic rings. The Morgan fingerprint density at radius 1 is 0.971 bits per heavy atom. The summed E-state index contributed by atoms with van der Waals surface area (Å²) in [6.45, 7) is 3.42. The number of rotatable bonds is 5. The van der Waals surface area contributed by atoms with Crippen LogP contribution in [0.25, 0.3) is 0 Å². The third kappa shape index (κ3) is 3.74. The summed E-state index contributed by atoms with van der Waals surface area (Å²) in [7, 11) is 0. The molecule has 34 heavy (non-hydrogen) atoms. The zero-order valence-electron chi connectivity index (χ0n) is 19.0.